The van der Waals surface area contributed by atoms with Crippen LogP contribution in [0, 0.1) is 24.2 Å². The third-order valence-corrected chi connectivity index (χ3v) is 4.86. The van der Waals surface area contributed by atoms with Gasteiger partial charge in [0.05, 0.1) is 6.42 Å². The van der Waals surface area contributed by atoms with Gasteiger partial charge >= 0.3 is 0 Å². The van der Waals surface area contributed by atoms with Crippen molar-refractivity contribution < 1.29 is 14.4 Å². The minimum Gasteiger partial charge on any atom is -0.332 e. The first-order chi connectivity index (χ1) is 13.0. The number of nitrogens with one attached hydrogen (secondary N) is 1. The number of hydrogen-bond acceptors (Lipinski definition) is 4. The summed E-state index contributed by atoms with van der Waals surface area (Å²) in [6, 6.07) is 9.27. The maximum absolute atomic E-state index is 12.8. The Morgan fingerprint density at radius 3 is 2.81 bits per heavy atom. The summed E-state index contributed by atoms with van der Waals surface area (Å²) >= 11 is 0. The van der Waals surface area contributed by atoms with Gasteiger partial charge in [-0.3, -0.25) is 24.7 Å². The van der Waals surface area contributed by atoms with Crippen LogP contribution in [-0.4, -0.2) is 34.2 Å². The summed E-state index contributed by atoms with van der Waals surface area (Å²) in [5, 5.41) is 2.33. The van der Waals surface area contributed by atoms with Gasteiger partial charge < -0.3 is 4.90 Å². The highest BCUT2D eigenvalue weighted by Crippen LogP contribution is 2.32. The van der Waals surface area contributed by atoms with Crippen LogP contribution in [0.4, 0.5) is 0 Å². The summed E-state index contributed by atoms with van der Waals surface area (Å²) in [5.74, 6) is 4.93. The first-order valence-electron chi connectivity index (χ1n) is 8.63. The first-order valence-corrected chi connectivity index (χ1v) is 8.63. The van der Waals surface area contributed by atoms with E-state index >= 15 is 0 Å². The fraction of sp³-hybridized carbons (Fsp3) is 0.238. The van der Waals surface area contributed by atoms with Crippen LogP contribution in [0.25, 0.3) is 0 Å². The molecule has 0 saturated carbocycles. The average molecular weight is 359 g/mol. The van der Waals surface area contributed by atoms with E-state index in [9.17, 15) is 14.4 Å². The lowest BCUT2D eigenvalue weighted by Crippen LogP contribution is -2.42. The first kappa shape index (κ1) is 17.0. The Morgan fingerprint density at radius 2 is 2.11 bits per heavy atom. The van der Waals surface area contributed by atoms with E-state index in [1.165, 1.54) is 0 Å². The molecule has 134 valence electrons. The van der Waals surface area contributed by atoms with Crippen LogP contribution >= 0.6 is 0 Å². The van der Waals surface area contributed by atoms with Crippen molar-refractivity contribution in [3.8, 4) is 11.8 Å². The number of amides is 3. The summed E-state index contributed by atoms with van der Waals surface area (Å²) in [4.78, 5) is 42.8. The molecule has 6 nitrogen and oxygen atoms in total. The molecule has 0 unspecified atom stereocenters. The van der Waals surface area contributed by atoms with Crippen LogP contribution in [0.5, 0.6) is 0 Å². The lowest BCUT2D eigenvalue weighted by atomic mass is 9.86. The maximum Gasteiger partial charge on any atom is 0.254 e. The van der Waals surface area contributed by atoms with Crippen molar-refractivity contribution in [3.63, 3.8) is 0 Å². The summed E-state index contributed by atoms with van der Waals surface area (Å²) in [6.07, 6.45) is 3.17. The second-order valence-electron chi connectivity index (χ2n) is 6.95. The largest absolute Gasteiger partial charge is 0.332 e. The van der Waals surface area contributed by atoms with Gasteiger partial charge in [-0.25, -0.2) is 0 Å². The number of nitrogens with zero attached hydrogens (tertiary/aromatic N) is 2. The Hall–Kier alpha value is -3.46. The normalized spacial score (nSPS) is 20.9. The van der Waals surface area contributed by atoms with Crippen molar-refractivity contribution in [3.05, 3.63) is 65.0 Å². The summed E-state index contributed by atoms with van der Waals surface area (Å²) < 4.78 is 0. The third kappa shape index (κ3) is 3.08. The number of aromatic nitrogens is 1. The summed E-state index contributed by atoms with van der Waals surface area (Å²) in [5.41, 5.74) is 1.97. The Balaban J connectivity index is 1.66. The molecule has 1 aromatic heterocycles. The van der Waals surface area contributed by atoms with Crippen LogP contribution < -0.4 is 5.32 Å². The zero-order valence-electron chi connectivity index (χ0n) is 14.8. The molecule has 27 heavy (non-hydrogen) atoms. The van der Waals surface area contributed by atoms with Crippen molar-refractivity contribution in [1.82, 2.24) is 15.2 Å². The average Bonchev–Trinajstić information content (AvgIpc) is 3.11. The number of carbonyl (C=O) groups is 3. The number of imide groups is 1. The van der Waals surface area contributed by atoms with E-state index in [0.29, 0.717) is 17.7 Å². The number of fused-ring (bicyclic) bond motifs is 1. The van der Waals surface area contributed by atoms with E-state index in [1.54, 1.807) is 29.4 Å². The zero-order valence-corrected chi connectivity index (χ0v) is 14.8. The molecule has 2 aromatic rings. The third-order valence-electron chi connectivity index (χ3n) is 4.86. The van der Waals surface area contributed by atoms with Gasteiger partial charge in [-0.15, -0.1) is 0 Å². The molecule has 2 aliphatic heterocycles. The number of carbonyl (C=O) groups excluding carboxylic acids is 3. The lowest BCUT2D eigenvalue weighted by molar-refractivity contribution is -0.127. The van der Waals surface area contributed by atoms with Gasteiger partial charge in [0.15, 0.2) is 0 Å². The molecule has 0 radical (unpaired) electrons. The molecule has 1 saturated heterocycles. The Bertz CT molecular complexity index is 1020. The van der Waals surface area contributed by atoms with Crippen molar-refractivity contribution in [2.45, 2.75) is 19.9 Å². The molecule has 2 aliphatic rings. The molecule has 0 bridgehead atoms. The van der Waals surface area contributed by atoms with Crippen LogP contribution in [0.1, 0.15) is 33.5 Å². The highest BCUT2D eigenvalue weighted by atomic mass is 16.2. The number of hydrogen-bond donors (Lipinski definition) is 1. The molecule has 0 aliphatic carbocycles. The topological polar surface area (TPSA) is 79.4 Å². The molecule has 1 atom stereocenters. The van der Waals surface area contributed by atoms with E-state index in [2.05, 4.69) is 22.1 Å². The van der Waals surface area contributed by atoms with E-state index in [1.807, 2.05) is 25.1 Å². The maximum atomic E-state index is 12.8. The van der Waals surface area contributed by atoms with Crippen molar-refractivity contribution in [2.75, 3.05) is 6.54 Å². The molecule has 4 rings (SSSR count). The lowest BCUT2D eigenvalue weighted by Gasteiger charge is -2.25. The van der Waals surface area contributed by atoms with Crippen LogP contribution in [0.3, 0.4) is 0 Å². The van der Waals surface area contributed by atoms with Gasteiger partial charge in [0, 0.05) is 36.6 Å². The second kappa shape index (κ2) is 6.36. The Labute approximate surface area is 156 Å². The van der Waals surface area contributed by atoms with Gasteiger partial charge in [-0.05, 0) is 30.7 Å². The number of aryl methyl sites for hydroxylation is 1. The minimum atomic E-state index is -1.25. The number of benzene rings is 1. The van der Waals surface area contributed by atoms with Gasteiger partial charge in [-0.1, -0.05) is 29.5 Å². The van der Waals surface area contributed by atoms with Crippen LogP contribution in [0.2, 0.25) is 0 Å². The molecule has 1 fully saturated rings. The molecule has 1 aromatic carbocycles. The SMILES string of the molecule is Cc1ccc2c(c1)C(=O)N(C[C@@]1(C#Cc3cccnc3)CC(=O)NC1=O)C2. The second-order valence-corrected chi connectivity index (χ2v) is 6.95. The van der Waals surface area contributed by atoms with E-state index in [4.69, 9.17) is 0 Å². The Kier molecular flexibility index (Phi) is 4.00. The minimum absolute atomic E-state index is 0.0573. The van der Waals surface area contributed by atoms with E-state index in [-0.39, 0.29) is 24.8 Å². The van der Waals surface area contributed by atoms with E-state index in [0.717, 1.165) is 11.1 Å². The van der Waals surface area contributed by atoms with Crippen molar-refractivity contribution in [2.24, 2.45) is 5.41 Å². The molecule has 6 heteroatoms. The summed E-state index contributed by atoms with van der Waals surface area (Å²) in [6.45, 7) is 2.41. The highest BCUT2D eigenvalue weighted by molar-refractivity contribution is 6.08. The predicted octanol–water partition coefficient (Wildman–Crippen LogP) is 1.43. The smallest absolute Gasteiger partial charge is 0.254 e. The Morgan fingerprint density at radius 1 is 1.26 bits per heavy atom. The summed E-state index contributed by atoms with van der Waals surface area (Å²) in [7, 11) is 0. The van der Waals surface area contributed by atoms with Crippen LogP contribution in [-0.2, 0) is 16.1 Å². The van der Waals surface area contributed by atoms with Crippen LogP contribution in [0.15, 0.2) is 42.7 Å². The fourth-order valence-corrected chi connectivity index (χ4v) is 3.47. The number of rotatable bonds is 2. The van der Waals surface area contributed by atoms with Gasteiger partial charge in [0.2, 0.25) is 11.8 Å². The molecule has 0 spiro atoms. The standard InChI is InChI=1S/C21H17N3O3/c1-14-4-5-16-12-24(19(26)17(16)9-14)13-21(10-18(25)23-20(21)27)7-6-15-3-2-8-22-11-15/h2-5,8-9,11H,10,12-13H2,1H3,(H,23,25,27)/t21-/m1/s1. The zero-order chi connectivity index (χ0) is 19.0. The van der Waals surface area contributed by atoms with Crippen molar-refractivity contribution >= 4 is 17.7 Å². The van der Waals surface area contributed by atoms with Crippen molar-refractivity contribution in [1.29, 1.82) is 0 Å². The molecule has 3 amide bonds. The number of pyridine rings is 1. The molecular formula is C21H17N3O3. The highest BCUT2D eigenvalue weighted by Gasteiger charge is 2.48. The predicted molar refractivity (Wildman–Crippen MR) is 97.2 cm³/mol. The van der Waals surface area contributed by atoms with E-state index < -0.39 is 11.3 Å². The fourth-order valence-electron chi connectivity index (χ4n) is 3.47. The van der Waals surface area contributed by atoms with Gasteiger partial charge in [-0.2, -0.15) is 0 Å². The molecule has 1 N–H and O–H groups in total. The molecule has 3 heterocycles. The van der Waals surface area contributed by atoms with Gasteiger partial charge in [0.1, 0.15) is 5.41 Å². The quantitative estimate of drug-likeness (QED) is 0.650. The molecular weight excluding hydrogens is 342 g/mol. The monoisotopic (exact) mass is 359 g/mol. The van der Waals surface area contributed by atoms with Gasteiger partial charge in [0.25, 0.3) is 5.91 Å².